The van der Waals surface area contributed by atoms with Gasteiger partial charge in [0.15, 0.2) is 0 Å². The van der Waals surface area contributed by atoms with Crippen LogP contribution in [0.5, 0.6) is 0 Å². The molecule has 0 spiro atoms. The highest BCUT2D eigenvalue weighted by Gasteiger charge is 2.33. The van der Waals surface area contributed by atoms with Crippen molar-refractivity contribution in [2.75, 3.05) is 13.1 Å². The number of hydrogen-bond donors (Lipinski definition) is 1. The van der Waals surface area contributed by atoms with E-state index in [0.717, 1.165) is 24.9 Å². The Kier molecular flexibility index (Phi) is 7.91. The van der Waals surface area contributed by atoms with Crippen molar-refractivity contribution < 1.29 is 9.47 Å². The molecule has 2 aliphatic heterocycles. The van der Waals surface area contributed by atoms with Crippen molar-refractivity contribution in [1.29, 1.82) is 0 Å². The maximum Gasteiger partial charge on any atom is 0.0608 e. The van der Waals surface area contributed by atoms with Crippen LogP contribution in [0.15, 0.2) is 0 Å². The standard InChI is InChI=1S/C24H43NO2/c1-3-7-19(8-4-1)23-13-11-21(26-23)15-17-25-18-16-22-12-14-24(27-22)20-9-5-2-6-10-20/h19-25H,1-18H2. The number of nitrogens with one attached hydrogen (secondary N) is 1. The Morgan fingerprint density at radius 3 is 1.41 bits per heavy atom. The van der Waals surface area contributed by atoms with Crippen LogP contribution in [0.4, 0.5) is 0 Å². The van der Waals surface area contributed by atoms with Crippen molar-refractivity contribution in [3.63, 3.8) is 0 Å². The molecule has 0 aromatic rings. The average Bonchev–Trinajstić information content (AvgIpc) is 3.39. The smallest absolute Gasteiger partial charge is 0.0608 e. The lowest BCUT2D eigenvalue weighted by molar-refractivity contribution is -0.00481. The van der Waals surface area contributed by atoms with Crippen LogP contribution in [-0.2, 0) is 9.47 Å². The third-order valence-corrected chi connectivity index (χ3v) is 7.92. The van der Waals surface area contributed by atoms with Gasteiger partial charge in [-0.15, -0.1) is 0 Å². The van der Waals surface area contributed by atoms with Crippen LogP contribution in [0.3, 0.4) is 0 Å². The first-order chi connectivity index (χ1) is 13.4. The van der Waals surface area contributed by atoms with E-state index in [-0.39, 0.29) is 0 Å². The second-order valence-electron chi connectivity index (χ2n) is 9.87. The molecule has 3 heteroatoms. The van der Waals surface area contributed by atoms with Crippen molar-refractivity contribution in [3.05, 3.63) is 0 Å². The van der Waals surface area contributed by atoms with E-state index >= 15 is 0 Å². The fourth-order valence-electron chi connectivity index (χ4n) is 6.25. The summed E-state index contributed by atoms with van der Waals surface area (Å²) in [5, 5.41) is 3.67. The van der Waals surface area contributed by atoms with Crippen molar-refractivity contribution in [2.24, 2.45) is 11.8 Å². The molecule has 27 heavy (non-hydrogen) atoms. The topological polar surface area (TPSA) is 30.5 Å². The monoisotopic (exact) mass is 377 g/mol. The van der Waals surface area contributed by atoms with E-state index in [9.17, 15) is 0 Å². The van der Waals surface area contributed by atoms with Crippen molar-refractivity contribution >= 4 is 0 Å². The van der Waals surface area contributed by atoms with E-state index < -0.39 is 0 Å². The molecule has 0 amide bonds. The molecule has 4 rings (SSSR count). The van der Waals surface area contributed by atoms with Gasteiger partial charge in [0, 0.05) is 0 Å². The van der Waals surface area contributed by atoms with Gasteiger partial charge in [-0.25, -0.2) is 0 Å². The predicted octanol–water partition coefficient (Wildman–Crippen LogP) is 5.61. The molecule has 0 radical (unpaired) electrons. The quantitative estimate of drug-likeness (QED) is 0.558. The average molecular weight is 378 g/mol. The highest BCUT2D eigenvalue weighted by atomic mass is 16.5. The molecule has 2 saturated heterocycles. The Labute approximate surface area is 167 Å². The van der Waals surface area contributed by atoms with Crippen LogP contribution >= 0.6 is 0 Å². The minimum Gasteiger partial charge on any atom is -0.375 e. The number of hydrogen-bond acceptors (Lipinski definition) is 3. The van der Waals surface area contributed by atoms with E-state index in [2.05, 4.69) is 5.32 Å². The Hall–Kier alpha value is -0.120. The summed E-state index contributed by atoms with van der Waals surface area (Å²) in [6, 6.07) is 0. The Morgan fingerprint density at radius 2 is 0.963 bits per heavy atom. The summed E-state index contributed by atoms with van der Waals surface area (Å²) in [5.74, 6) is 1.74. The first-order valence-electron chi connectivity index (χ1n) is 12.4. The Morgan fingerprint density at radius 1 is 0.519 bits per heavy atom. The molecular weight excluding hydrogens is 334 g/mol. The molecule has 4 unspecified atom stereocenters. The lowest BCUT2D eigenvalue weighted by atomic mass is 9.84. The highest BCUT2D eigenvalue weighted by Crippen LogP contribution is 2.36. The second kappa shape index (κ2) is 10.6. The third kappa shape index (κ3) is 5.93. The van der Waals surface area contributed by atoms with Gasteiger partial charge in [-0.1, -0.05) is 38.5 Å². The summed E-state index contributed by atoms with van der Waals surface area (Å²) in [6.45, 7) is 2.22. The highest BCUT2D eigenvalue weighted by molar-refractivity contribution is 4.83. The minimum atomic E-state index is 0.517. The predicted molar refractivity (Wildman–Crippen MR) is 111 cm³/mol. The van der Waals surface area contributed by atoms with E-state index in [0.29, 0.717) is 24.4 Å². The van der Waals surface area contributed by atoms with Gasteiger partial charge in [-0.05, 0) is 89.1 Å². The SMILES string of the molecule is C1CCC(C2CCC(CCNCCC3CCC(C4CCCCC4)O3)O2)CC1. The van der Waals surface area contributed by atoms with Gasteiger partial charge < -0.3 is 14.8 Å². The van der Waals surface area contributed by atoms with Gasteiger partial charge in [-0.2, -0.15) is 0 Å². The summed E-state index contributed by atoms with van der Waals surface area (Å²) < 4.78 is 12.8. The maximum atomic E-state index is 6.40. The zero-order valence-electron chi connectivity index (χ0n) is 17.5. The normalized spacial score (nSPS) is 36.4. The molecule has 1 N–H and O–H groups in total. The zero-order chi connectivity index (χ0) is 18.3. The zero-order valence-corrected chi connectivity index (χ0v) is 17.5. The molecule has 3 nitrogen and oxygen atoms in total. The fraction of sp³-hybridized carbons (Fsp3) is 1.00. The number of ether oxygens (including phenoxy) is 2. The first kappa shape index (κ1) is 20.2. The van der Waals surface area contributed by atoms with Crippen molar-refractivity contribution in [2.45, 2.75) is 127 Å². The van der Waals surface area contributed by atoms with Crippen LogP contribution in [0.25, 0.3) is 0 Å². The Bertz CT molecular complexity index is 379. The lowest BCUT2D eigenvalue weighted by Gasteiger charge is -2.27. The van der Waals surface area contributed by atoms with E-state index in [1.807, 2.05) is 0 Å². The van der Waals surface area contributed by atoms with Gasteiger partial charge in [0.05, 0.1) is 24.4 Å². The van der Waals surface area contributed by atoms with Gasteiger partial charge >= 0.3 is 0 Å². The molecule has 2 heterocycles. The lowest BCUT2D eigenvalue weighted by Crippen LogP contribution is -2.27. The van der Waals surface area contributed by atoms with Crippen LogP contribution < -0.4 is 5.32 Å². The van der Waals surface area contributed by atoms with Gasteiger partial charge in [0.2, 0.25) is 0 Å². The van der Waals surface area contributed by atoms with Crippen LogP contribution in [0, 0.1) is 11.8 Å². The molecule has 4 aliphatic rings. The Balaban J connectivity index is 1.04. The van der Waals surface area contributed by atoms with Gasteiger partial charge in [0.25, 0.3) is 0 Å². The third-order valence-electron chi connectivity index (χ3n) is 7.92. The van der Waals surface area contributed by atoms with Gasteiger partial charge in [-0.3, -0.25) is 0 Å². The summed E-state index contributed by atoms with van der Waals surface area (Å²) in [5.41, 5.74) is 0. The molecule has 2 saturated carbocycles. The number of rotatable bonds is 8. The largest absolute Gasteiger partial charge is 0.375 e. The molecule has 0 aromatic carbocycles. The summed E-state index contributed by atoms with van der Waals surface area (Å²) in [7, 11) is 0. The minimum absolute atomic E-state index is 0.517. The van der Waals surface area contributed by atoms with Crippen molar-refractivity contribution in [1.82, 2.24) is 5.32 Å². The van der Waals surface area contributed by atoms with Crippen molar-refractivity contribution in [3.8, 4) is 0 Å². The molecule has 4 fully saturated rings. The molecule has 156 valence electrons. The van der Waals surface area contributed by atoms with Crippen LogP contribution in [0.2, 0.25) is 0 Å². The first-order valence-corrected chi connectivity index (χ1v) is 12.4. The second-order valence-corrected chi connectivity index (χ2v) is 9.87. The summed E-state index contributed by atoms with van der Waals surface area (Å²) in [6.07, 6.45) is 24.1. The van der Waals surface area contributed by atoms with Gasteiger partial charge in [0.1, 0.15) is 0 Å². The molecule has 4 atom stereocenters. The molecular formula is C24H43NO2. The van der Waals surface area contributed by atoms with Crippen LogP contribution in [-0.4, -0.2) is 37.5 Å². The molecule has 0 aromatic heterocycles. The van der Waals surface area contributed by atoms with Crippen LogP contribution in [0.1, 0.15) is 103 Å². The fourth-order valence-corrected chi connectivity index (χ4v) is 6.25. The summed E-state index contributed by atoms with van der Waals surface area (Å²) in [4.78, 5) is 0. The maximum absolute atomic E-state index is 6.40. The van der Waals surface area contributed by atoms with E-state index in [1.54, 1.807) is 0 Å². The molecule has 2 aliphatic carbocycles. The van der Waals surface area contributed by atoms with E-state index in [4.69, 9.17) is 9.47 Å². The van der Waals surface area contributed by atoms with E-state index in [1.165, 1.54) is 103 Å². The molecule has 0 bridgehead atoms. The summed E-state index contributed by atoms with van der Waals surface area (Å²) >= 11 is 0.